The summed E-state index contributed by atoms with van der Waals surface area (Å²) in [5.41, 5.74) is 1.64. The fourth-order valence-corrected chi connectivity index (χ4v) is 3.49. The van der Waals surface area contributed by atoms with E-state index in [4.69, 9.17) is 4.42 Å². The Bertz CT molecular complexity index is 1170. The van der Waals surface area contributed by atoms with Crippen LogP contribution in [0.25, 0.3) is 22.7 Å². The van der Waals surface area contributed by atoms with E-state index in [1.165, 1.54) is 0 Å². The molecule has 0 fully saturated rings. The smallest absolute Gasteiger partial charge is 0.232 e. The summed E-state index contributed by atoms with van der Waals surface area (Å²) >= 11 is 1.13. The zero-order valence-corrected chi connectivity index (χ0v) is 16.1. The van der Waals surface area contributed by atoms with Crippen molar-refractivity contribution in [2.45, 2.75) is 13.3 Å². The van der Waals surface area contributed by atoms with Crippen LogP contribution in [0.4, 0.5) is 13.9 Å². The number of nitrogens with one attached hydrogen (secondary N) is 1. The molecule has 2 heterocycles. The number of rotatable bonds is 5. The number of benzene rings is 2. The van der Waals surface area contributed by atoms with E-state index in [-0.39, 0.29) is 28.7 Å². The number of carbonyl (C=O) groups excluding carboxylic acids is 1. The molecule has 1 amide bonds. The second-order valence-corrected chi connectivity index (χ2v) is 7.13. The SMILES string of the molecule is Cc1oc(-c2ccccc2)nc1CC(=O)Nc1nc(-c2cc(F)ccc2F)cs1. The Hall–Kier alpha value is -3.39. The lowest BCUT2D eigenvalue weighted by Crippen LogP contribution is -2.15. The first-order valence-corrected chi connectivity index (χ1v) is 9.60. The highest BCUT2D eigenvalue weighted by Gasteiger charge is 2.16. The highest BCUT2D eigenvalue weighted by atomic mass is 32.1. The predicted octanol–water partition coefficient (Wildman–Crippen LogP) is 5.23. The van der Waals surface area contributed by atoms with E-state index in [0.29, 0.717) is 17.3 Å². The molecule has 0 saturated heterocycles. The van der Waals surface area contributed by atoms with Gasteiger partial charge >= 0.3 is 0 Å². The molecule has 0 radical (unpaired) electrons. The van der Waals surface area contributed by atoms with E-state index in [1.807, 2.05) is 30.3 Å². The van der Waals surface area contributed by atoms with E-state index in [0.717, 1.165) is 35.1 Å². The van der Waals surface area contributed by atoms with Gasteiger partial charge in [-0.2, -0.15) is 0 Å². The Kier molecular flexibility index (Phi) is 5.18. The molecule has 2 aromatic heterocycles. The predicted molar refractivity (Wildman–Crippen MR) is 106 cm³/mol. The van der Waals surface area contributed by atoms with Crippen molar-refractivity contribution in [2.24, 2.45) is 0 Å². The molecule has 0 atom stereocenters. The van der Waals surface area contributed by atoms with Crippen molar-refractivity contribution >= 4 is 22.4 Å². The molecule has 0 spiro atoms. The molecule has 0 bridgehead atoms. The van der Waals surface area contributed by atoms with Crippen LogP contribution >= 0.6 is 11.3 Å². The molecular formula is C21H15F2N3O2S. The maximum absolute atomic E-state index is 13.9. The van der Waals surface area contributed by atoms with Crippen LogP contribution in [0.5, 0.6) is 0 Å². The molecule has 0 aliphatic rings. The summed E-state index contributed by atoms with van der Waals surface area (Å²) in [6, 6.07) is 12.5. The zero-order valence-electron chi connectivity index (χ0n) is 15.3. The lowest BCUT2D eigenvalue weighted by atomic mass is 10.1. The number of nitrogens with zero attached hydrogens (tertiary/aromatic N) is 2. The van der Waals surface area contributed by atoms with Crippen molar-refractivity contribution in [3.05, 3.63) is 77.0 Å². The maximum atomic E-state index is 13.9. The molecule has 0 aliphatic carbocycles. The number of aromatic nitrogens is 2. The average molecular weight is 411 g/mol. The number of halogens is 2. The monoisotopic (exact) mass is 411 g/mol. The molecule has 5 nitrogen and oxygen atoms in total. The lowest BCUT2D eigenvalue weighted by molar-refractivity contribution is -0.115. The van der Waals surface area contributed by atoms with E-state index in [2.05, 4.69) is 15.3 Å². The van der Waals surface area contributed by atoms with Gasteiger partial charge in [0, 0.05) is 16.5 Å². The van der Waals surface area contributed by atoms with Gasteiger partial charge in [-0.05, 0) is 37.3 Å². The summed E-state index contributed by atoms with van der Waals surface area (Å²) in [6.07, 6.45) is 0.00536. The topological polar surface area (TPSA) is 68.0 Å². The average Bonchev–Trinajstić information content (AvgIpc) is 3.31. The molecular weight excluding hydrogens is 396 g/mol. The fraction of sp³-hybridized carbons (Fsp3) is 0.0952. The van der Waals surface area contributed by atoms with Gasteiger partial charge in [0.05, 0.1) is 17.8 Å². The second-order valence-electron chi connectivity index (χ2n) is 6.27. The highest BCUT2D eigenvalue weighted by molar-refractivity contribution is 7.14. The third kappa shape index (κ3) is 4.22. The minimum absolute atomic E-state index is 0.00536. The zero-order chi connectivity index (χ0) is 20.4. The largest absolute Gasteiger partial charge is 0.441 e. The normalized spacial score (nSPS) is 10.9. The maximum Gasteiger partial charge on any atom is 0.232 e. The van der Waals surface area contributed by atoms with E-state index >= 15 is 0 Å². The Labute approximate surface area is 169 Å². The van der Waals surface area contributed by atoms with Crippen LogP contribution in [0, 0.1) is 18.6 Å². The summed E-state index contributed by atoms with van der Waals surface area (Å²) < 4.78 is 32.9. The summed E-state index contributed by atoms with van der Waals surface area (Å²) in [6.45, 7) is 1.75. The summed E-state index contributed by atoms with van der Waals surface area (Å²) in [7, 11) is 0. The van der Waals surface area contributed by atoms with Crippen molar-refractivity contribution in [1.29, 1.82) is 0 Å². The quantitative estimate of drug-likeness (QED) is 0.488. The van der Waals surface area contributed by atoms with Crippen LogP contribution in [0.1, 0.15) is 11.5 Å². The minimum atomic E-state index is -0.582. The van der Waals surface area contributed by atoms with Gasteiger partial charge in [0.2, 0.25) is 11.8 Å². The van der Waals surface area contributed by atoms with Gasteiger partial charge < -0.3 is 9.73 Å². The fourth-order valence-electron chi connectivity index (χ4n) is 2.76. The van der Waals surface area contributed by atoms with E-state index in [9.17, 15) is 13.6 Å². The lowest BCUT2D eigenvalue weighted by Gasteiger charge is -2.01. The van der Waals surface area contributed by atoms with Gasteiger partial charge in [-0.1, -0.05) is 18.2 Å². The van der Waals surface area contributed by atoms with Crippen molar-refractivity contribution < 1.29 is 18.0 Å². The van der Waals surface area contributed by atoms with Crippen molar-refractivity contribution in [1.82, 2.24) is 9.97 Å². The number of anilines is 1. The summed E-state index contributed by atoms with van der Waals surface area (Å²) in [5, 5.41) is 4.51. The number of amides is 1. The van der Waals surface area contributed by atoms with Crippen LogP contribution in [0.3, 0.4) is 0 Å². The molecule has 0 aliphatic heterocycles. The number of hydrogen-bond donors (Lipinski definition) is 1. The minimum Gasteiger partial charge on any atom is -0.441 e. The number of thiazole rings is 1. The third-order valence-electron chi connectivity index (χ3n) is 4.20. The second kappa shape index (κ2) is 7.92. The van der Waals surface area contributed by atoms with Crippen LogP contribution in [0.2, 0.25) is 0 Å². The molecule has 2 aromatic carbocycles. The number of hydrogen-bond acceptors (Lipinski definition) is 5. The Balaban J connectivity index is 1.47. The van der Waals surface area contributed by atoms with Gasteiger partial charge in [0.25, 0.3) is 0 Å². The first-order valence-electron chi connectivity index (χ1n) is 8.72. The number of oxazole rings is 1. The van der Waals surface area contributed by atoms with Crippen molar-refractivity contribution in [2.75, 3.05) is 5.32 Å². The van der Waals surface area contributed by atoms with Crippen LogP contribution in [-0.4, -0.2) is 15.9 Å². The molecule has 1 N–H and O–H groups in total. The van der Waals surface area contributed by atoms with Crippen LogP contribution in [-0.2, 0) is 11.2 Å². The van der Waals surface area contributed by atoms with Crippen LogP contribution in [0.15, 0.2) is 58.3 Å². The number of carbonyl (C=O) groups is 1. The molecule has 8 heteroatoms. The molecule has 29 heavy (non-hydrogen) atoms. The Morgan fingerprint density at radius 3 is 2.72 bits per heavy atom. The van der Waals surface area contributed by atoms with Gasteiger partial charge in [0.15, 0.2) is 5.13 Å². The molecule has 146 valence electrons. The third-order valence-corrected chi connectivity index (χ3v) is 4.95. The van der Waals surface area contributed by atoms with Crippen LogP contribution < -0.4 is 5.32 Å². The van der Waals surface area contributed by atoms with Gasteiger partial charge in [-0.3, -0.25) is 4.79 Å². The summed E-state index contributed by atoms with van der Waals surface area (Å²) in [4.78, 5) is 21.0. The number of aryl methyl sites for hydroxylation is 1. The molecule has 0 saturated carbocycles. The first kappa shape index (κ1) is 18.9. The van der Waals surface area contributed by atoms with Crippen molar-refractivity contribution in [3.63, 3.8) is 0 Å². The molecule has 4 rings (SSSR count). The van der Waals surface area contributed by atoms with Gasteiger partial charge in [0.1, 0.15) is 17.4 Å². The Morgan fingerprint density at radius 2 is 1.93 bits per heavy atom. The first-order chi connectivity index (χ1) is 14.0. The summed E-state index contributed by atoms with van der Waals surface area (Å²) in [5.74, 6) is -0.469. The van der Waals surface area contributed by atoms with Crippen molar-refractivity contribution in [3.8, 4) is 22.7 Å². The Morgan fingerprint density at radius 1 is 1.14 bits per heavy atom. The highest BCUT2D eigenvalue weighted by Crippen LogP contribution is 2.28. The van der Waals surface area contributed by atoms with E-state index in [1.54, 1.807) is 12.3 Å². The van der Waals surface area contributed by atoms with Gasteiger partial charge in [-0.15, -0.1) is 11.3 Å². The van der Waals surface area contributed by atoms with E-state index < -0.39 is 11.6 Å². The molecule has 0 unspecified atom stereocenters. The standard InChI is InChI=1S/C21H15F2N3O2S/c1-12-17(24-20(28-12)13-5-3-2-4-6-13)10-19(27)26-21-25-18(11-29-21)15-9-14(22)7-8-16(15)23/h2-9,11H,10H2,1H3,(H,25,26,27). The van der Waals surface area contributed by atoms with Gasteiger partial charge in [-0.25, -0.2) is 18.7 Å². The molecule has 4 aromatic rings.